The number of benzene rings is 3. The minimum absolute atomic E-state index is 0.0564. The van der Waals surface area contributed by atoms with E-state index >= 15 is 0 Å². The molecular formula is C92H105N5O6. The van der Waals surface area contributed by atoms with Crippen LogP contribution < -0.4 is 10.6 Å². The second-order valence-corrected chi connectivity index (χ2v) is 37.6. The van der Waals surface area contributed by atoms with Gasteiger partial charge in [0.05, 0.1) is 71.1 Å². The van der Waals surface area contributed by atoms with Crippen molar-refractivity contribution in [2.45, 2.75) is 263 Å². The first-order chi connectivity index (χ1) is 49.9. The number of ketones is 1. The molecule has 2 N–H and O–H groups in total. The van der Waals surface area contributed by atoms with Crippen LogP contribution in [0.3, 0.4) is 0 Å². The minimum Gasteiger partial charge on any atom is -0.377 e. The van der Waals surface area contributed by atoms with E-state index in [1.54, 1.807) is 11.1 Å². The quantitative estimate of drug-likeness (QED) is 0.159. The van der Waals surface area contributed by atoms with E-state index in [9.17, 15) is 4.79 Å². The minimum atomic E-state index is -0.294. The average Bonchev–Trinajstić information content (AvgIpc) is 1.55. The molecule has 0 amide bonds. The molecule has 6 unspecified atom stereocenters. The highest BCUT2D eigenvalue weighted by Crippen LogP contribution is 2.73. The second-order valence-electron chi connectivity index (χ2n) is 37.6. The Morgan fingerprint density at radius 2 is 0.767 bits per heavy atom. The summed E-state index contributed by atoms with van der Waals surface area (Å²) in [7, 11) is 0. The van der Waals surface area contributed by atoms with Crippen molar-refractivity contribution in [2.24, 2.45) is 34.0 Å². The molecule has 9 aliphatic carbocycles. The van der Waals surface area contributed by atoms with Gasteiger partial charge in [-0.25, -0.2) is 0 Å². The van der Waals surface area contributed by atoms with Crippen LogP contribution in [0.5, 0.6) is 0 Å². The third-order valence-electron chi connectivity index (χ3n) is 31.8. The number of carbonyl (C=O) groups is 1. The van der Waals surface area contributed by atoms with Crippen molar-refractivity contribution in [3.63, 3.8) is 0 Å². The highest BCUT2D eigenvalue weighted by molar-refractivity contribution is 5.85. The number of nitrogens with one attached hydrogen (secondary N) is 2. The average molecular weight is 1380 g/mol. The van der Waals surface area contributed by atoms with Crippen LogP contribution in [0.2, 0.25) is 0 Å². The molecule has 103 heavy (non-hydrogen) atoms. The normalized spacial score (nSPS) is 41.7. The fourth-order valence-electron chi connectivity index (χ4n) is 26.9. The van der Waals surface area contributed by atoms with E-state index in [1.165, 1.54) is 148 Å². The van der Waals surface area contributed by atoms with Gasteiger partial charge in [0.1, 0.15) is 5.78 Å². The van der Waals surface area contributed by atoms with E-state index < -0.39 is 0 Å². The molecule has 3 aromatic carbocycles. The lowest BCUT2D eigenvalue weighted by molar-refractivity contribution is -0.146. The van der Waals surface area contributed by atoms with Gasteiger partial charge in [0.25, 0.3) is 0 Å². The topological polar surface area (TPSA) is 126 Å². The number of carbonyl (C=O) groups excluding carboxylic acids is 1. The SMILES string of the molecule is CC1(N[C@@H]2CCC3=CC4=CC[C@]5(C)C(c6ccc7ccncc7c6)CC[C@H]5C45CC[C@]3(C2)O5)COC1.CC1(N[C@H]2CCC3=CC4=CC[C@]5(C)C(c6ccc7ccncc7c6)CC[C@H]5C45CC[C@]3(C2)O5)COC1.C[C@]12CC=C3C=C4CCC(=O)C[C@]45CCC3(O5)[C@@H]1CCC2c1ccc2ccncc2c1. The number of Topliss-reactive ketones (excluding diaryl/α,β-unsaturated/α-hetero) is 1. The predicted octanol–water partition coefficient (Wildman–Crippen LogP) is 18.5. The van der Waals surface area contributed by atoms with Crippen LogP contribution in [0.1, 0.15) is 223 Å². The van der Waals surface area contributed by atoms with Crippen LogP contribution in [0.25, 0.3) is 32.3 Å². The molecular weight excluding hydrogens is 1270 g/mol. The first-order valence-electron chi connectivity index (χ1n) is 40.5. The van der Waals surface area contributed by atoms with E-state index in [2.05, 4.69) is 169 Å². The summed E-state index contributed by atoms with van der Waals surface area (Å²) in [6, 6.07) is 28.5. The number of hydrogen-bond donors (Lipinski definition) is 2. The monoisotopic (exact) mass is 1380 g/mol. The Kier molecular flexibility index (Phi) is 14.5. The maximum atomic E-state index is 12.4. The molecule has 11 heteroatoms. The van der Waals surface area contributed by atoms with Crippen LogP contribution in [-0.2, 0) is 28.5 Å². The van der Waals surface area contributed by atoms with Crippen molar-refractivity contribution in [2.75, 3.05) is 26.4 Å². The Balaban J connectivity index is 0.000000100. The summed E-state index contributed by atoms with van der Waals surface area (Å²) >= 11 is 0. The first kappa shape index (κ1) is 65.0. The maximum absolute atomic E-state index is 12.4. The summed E-state index contributed by atoms with van der Waals surface area (Å²) < 4.78 is 33.2. The first-order valence-corrected chi connectivity index (χ1v) is 40.5. The van der Waals surface area contributed by atoms with Gasteiger partial charge in [0.2, 0.25) is 0 Å². The van der Waals surface area contributed by atoms with Crippen molar-refractivity contribution in [3.8, 4) is 0 Å². The molecule has 6 bridgehead atoms. The molecule has 17 aliphatic rings. The number of rotatable bonds is 7. The van der Waals surface area contributed by atoms with Gasteiger partial charge < -0.3 is 34.3 Å². The number of nitrogens with zero attached hydrogens (tertiary/aromatic N) is 3. The van der Waals surface area contributed by atoms with E-state index in [-0.39, 0.29) is 60.9 Å². The molecule has 0 radical (unpaired) electrons. The molecule has 5 saturated heterocycles. The molecule has 6 aromatic rings. The van der Waals surface area contributed by atoms with Crippen molar-refractivity contribution in [1.29, 1.82) is 0 Å². The van der Waals surface area contributed by atoms with E-state index in [0.717, 1.165) is 90.6 Å². The lowest BCUT2D eigenvalue weighted by atomic mass is 9.58. The van der Waals surface area contributed by atoms with Crippen molar-refractivity contribution >= 4 is 38.1 Å². The summed E-state index contributed by atoms with van der Waals surface area (Å²) in [5.74, 6) is 3.75. The van der Waals surface area contributed by atoms with E-state index in [0.29, 0.717) is 66.2 Å². The zero-order valence-electron chi connectivity index (χ0n) is 61.6. The Labute approximate surface area is 609 Å². The smallest absolute Gasteiger partial charge is 0.136 e. The van der Waals surface area contributed by atoms with Crippen LogP contribution >= 0.6 is 0 Å². The Hall–Kier alpha value is -6.28. The molecule has 3 aromatic heterocycles. The van der Waals surface area contributed by atoms with Crippen LogP contribution in [0.4, 0.5) is 0 Å². The molecule has 23 rings (SSSR count). The zero-order valence-corrected chi connectivity index (χ0v) is 61.6. The highest BCUT2D eigenvalue weighted by Gasteiger charge is 2.70. The molecule has 17 atom stereocenters. The number of fused-ring (bicyclic) bond motifs is 6. The van der Waals surface area contributed by atoms with Gasteiger partial charge in [-0.15, -0.1) is 0 Å². The zero-order chi connectivity index (χ0) is 69.2. The number of aromatic nitrogens is 3. The molecule has 534 valence electrons. The standard InChI is InChI=1S/2C32H38N2O2.C28H29NO2/c2*1-29(19-35-20-29)34-26-6-5-24-16-25-9-11-30(2)27(22-4-3-21-10-14-33-18-23(21)15-22)7-8-28(30)32(25)13-12-31(24,17-26)36-32;1-26-10-8-22-15-21-4-5-23(30)16-27(21)11-12-28(22,31-27)25(26)7-6-24(26)19-3-2-18-9-13-29-17-20(18)14-19/h2*3-4,9-10,14-16,18,26-28,34H,5-8,11-13,17,19-20H2,1-2H3;2-3,8-9,13-15,17,24-25H,4-7,10-12,16H2,1H3/t26-,27?,28+,30+,31+,32?;26-,27?,28-,30-,31-,32?;24?,25-,26-,27-,28?/m011/s1. The van der Waals surface area contributed by atoms with Gasteiger partial charge in [-0.05, 0) is 310 Å². The van der Waals surface area contributed by atoms with E-state index in [1.807, 2.05) is 37.2 Å². The fraction of sp³-hybridized carbons (Fsp3) is 0.565. The van der Waals surface area contributed by atoms with Crippen LogP contribution in [-0.4, -0.2) is 104 Å². The summed E-state index contributed by atoms with van der Waals surface area (Å²) in [5, 5.41) is 15.5. The maximum Gasteiger partial charge on any atom is 0.136 e. The van der Waals surface area contributed by atoms with Gasteiger partial charge in [-0.2, -0.15) is 0 Å². The lowest BCUT2D eigenvalue weighted by Crippen LogP contribution is -2.63. The number of allylic oxidation sites excluding steroid dienone is 3. The van der Waals surface area contributed by atoms with Gasteiger partial charge in [-0.1, -0.05) is 93.6 Å². The molecule has 8 aliphatic heterocycles. The highest BCUT2D eigenvalue weighted by atomic mass is 16.5. The summed E-state index contributed by atoms with van der Waals surface area (Å²) in [6.45, 7) is 15.6. The predicted molar refractivity (Wildman–Crippen MR) is 404 cm³/mol. The second kappa shape index (κ2) is 22.9. The molecule has 11 heterocycles. The Morgan fingerprint density at radius 1 is 0.398 bits per heavy atom. The van der Waals surface area contributed by atoms with Gasteiger partial charge in [0, 0.05) is 78.3 Å². The number of hydrogen-bond acceptors (Lipinski definition) is 11. The van der Waals surface area contributed by atoms with Gasteiger partial charge >= 0.3 is 0 Å². The van der Waals surface area contributed by atoms with Crippen molar-refractivity contribution in [1.82, 2.24) is 25.6 Å². The van der Waals surface area contributed by atoms with Crippen molar-refractivity contribution in [3.05, 3.63) is 197 Å². The third kappa shape index (κ3) is 9.61. The molecule has 11 fully saturated rings. The Bertz CT molecular complexity index is 4550. The number of pyridine rings is 3. The summed E-state index contributed by atoms with van der Waals surface area (Å²) in [6.07, 6.45) is 53.9. The molecule has 6 saturated carbocycles. The van der Waals surface area contributed by atoms with E-state index in [4.69, 9.17) is 23.7 Å². The summed E-state index contributed by atoms with van der Waals surface area (Å²) in [5.41, 5.74) is 13.6. The lowest BCUT2D eigenvalue weighted by Gasteiger charge is -2.55. The van der Waals surface area contributed by atoms with Crippen LogP contribution in [0.15, 0.2) is 180 Å². The number of ether oxygens (including phenoxy) is 5. The third-order valence-corrected chi connectivity index (χ3v) is 31.8. The molecule has 6 spiro atoms. The van der Waals surface area contributed by atoms with Gasteiger partial charge in [-0.3, -0.25) is 19.7 Å². The molecule has 11 nitrogen and oxygen atoms in total. The van der Waals surface area contributed by atoms with Gasteiger partial charge in [0.15, 0.2) is 0 Å². The van der Waals surface area contributed by atoms with Crippen LogP contribution in [0, 0.1) is 34.0 Å². The summed E-state index contributed by atoms with van der Waals surface area (Å²) in [4.78, 5) is 25.5. The largest absolute Gasteiger partial charge is 0.377 e. The fourth-order valence-corrected chi connectivity index (χ4v) is 26.9. The Morgan fingerprint density at radius 3 is 1.15 bits per heavy atom. The van der Waals surface area contributed by atoms with Crippen molar-refractivity contribution < 1.29 is 28.5 Å².